The van der Waals surface area contributed by atoms with E-state index in [2.05, 4.69) is 20.4 Å². The number of amides is 1. The molecule has 1 fully saturated rings. The number of nitrogens with zero attached hydrogens (tertiary/aromatic N) is 2. The highest BCUT2D eigenvalue weighted by Crippen LogP contribution is 2.26. The molecule has 0 radical (unpaired) electrons. The van der Waals surface area contributed by atoms with Crippen LogP contribution in [-0.2, 0) is 0 Å². The first-order valence-electron chi connectivity index (χ1n) is 9.14. The molecule has 28 heavy (non-hydrogen) atoms. The van der Waals surface area contributed by atoms with Gasteiger partial charge in [-0.1, -0.05) is 41.9 Å². The van der Waals surface area contributed by atoms with Gasteiger partial charge in [-0.2, -0.15) is 5.10 Å². The minimum Gasteiger partial charge on any atom is -0.496 e. The van der Waals surface area contributed by atoms with Crippen molar-refractivity contribution in [2.45, 2.75) is 12.5 Å². The molecular formula is C21H21ClN4O2. The van der Waals surface area contributed by atoms with E-state index in [0.29, 0.717) is 22.9 Å². The summed E-state index contributed by atoms with van der Waals surface area (Å²) in [5.74, 6) is 1.21. The van der Waals surface area contributed by atoms with Gasteiger partial charge in [0.05, 0.1) is 18.4 Å². The van der Waals surface area contributed by atoms with Gasteiger partial charge in [0, 0.05) is 30.2 Å². The molecule has 1 unspecified atom stereocenters. The standard InChI is InChI=1S/C21H21ClN4O2/c1-28-19-8-7-15(22)11-17(19)21(27)23-16-9-10-26(13-16)20-12-18(24-25-20)14-5-3-2-4-6-14/h2-8,11-12,16H,9-10,13H2,1H3,(H,23,27)(H,24,25). The van der Waals surface area contributed by atoms with E-state index in [0.717, 1.165) is 30.0 Å². The Kier molecular flexibility index (Phi) is 5.21. The maximum Gasteiger partial charge on any atom is 0.255 e. The number of nitrogens with one attached hydrogen (secondary N) is 2. The number of ether oxygens (including phenoxy) is 1. The molecule has 1 aliphatic heterocycles. The van der Waals surface area contributed by atoms with Crippen LogP contribution in [0.5, 0.6) is 5.75 Å². The van der Waals surface area contributed by atoms with E-state index in [4.69, 9.17) is 16.3 Å². The lowest BCUT2D eigenvalue weighted by atomic mass is 10.1. The number of carbonyl (C=O) groups is 1. The van der Waals surface area contributed by atoms with Gasteiger partial charge in [0.15, 0.2) is 5.82 Å². The number of halogens is 1. The maximum atomic E-state index is 12.7. The van der Waals surface area contributed by atoms with Crippen molar-refractivity contribution in [3.8, 4) is 17.0 Å². The van der Waals surface area contributed by atoms with Gasteiger partial charge in [-0.15, -0.1) is 0 Å². The summed E-state index contributed by atoms with van der Waals surface area (Å²) in [6.45, 7) is 1.53. The SMILES string of the molecule is COc1ccc(Cl)cc1C(=O)NC1CCN(c2cc(-c3ccccc3)[nH]n2)C1. The van der Waals surface area contributed by atoms with Crippen molar-refractivity contribution in [2.75, 3.05) is 25.1 Å². The Labute approximate surface area is 168 Å². The monoisotopic (exact) mass is 396 g/mol. The van der Waals surface area contributed by atoms with Gasteiger partial charge >= 0.3 is 0 Å². The van der Waals surface area contributed by atoms with Crippen molar-refractivity contribution < 1.29 is 9.53 Å². The molecule has 0 saturated carbocycles. The van der Waals surface area contributed by atoms with Crippen molar-refractivity contribution >= 4 is 23.3 Å². The van der Waals surface area contributed by atoms with E-state index < -0.39 is 0 Å². The zero-order chi connectivity index (χ0) is 19.5. The van der Waals surface area contributed by atoms with Gasteiger partial charge < -0.3 is 15.0 Å². The number of H-pyrrole nitrogens is 1. The lowest BCUT2D eigenvalue weighted by molar-refractivity contribution is 0.0937. The largest absolute Gasteiger partial charge is 0.496 e. The van der Waals surface area contributed by atoms with Crippen molar-refractivity contribution in [3.63, 3.8) is 0 Å². The van der Waals surface area contributed by atoms with E-state index in [9.17, 15) is 4.79 Å². The number of rotatable bonds is 5. The number of carbonyl (C=O) groups excluding carboxylic acids is 1. The minimum atomic E-state index is -0.182. The summed E-state index contributed by atoms with van der Waals surface area (Å²) in [6, 6.07) is 17.2. The molecule has 1 aliphatic rings. The molecule has 1 atom stereocenters. The number of benzene rings is 2. The Morgan fingerprint density at radius 2 is 2.07 bits per heavy atom. The number of hydrogen-bond donors (Lipinski definition) is 2. The van der Waals surface area contributed by atoms with Gasteiger partial charge in [-0.25, -0.2) is 0 Å². The maximum absolute atomic E-state index is 12.7. The molecule has 0 aliphatic carbocycles. The minimum absolute atomic E-state index is 0.0352. The van der Waals surface area contributed by atoms with Gasteiger partial charge in [0.2, 0.25) is 0 Å². The van der Waals surface area contributed by atoms with Crippen LogP contribution in [0.4, 0.5) is 5.82 Å². The van der Waals surface area contributed by atoms with Crippen LogP contribution in [0.3, 0.4) is 0 Å². The zero-order valence-electron chi connectivity index (χ0n) is 15.5. The summed E-state index contributed by atoms with van der Waals surface area (Å²) in [4.78, 5) is 14.8. The predicted molar refractivity (Wildman–Crippen MR) is 110 cm³/mol. The second-order valence-corrected chi connectivity index (χ2v) is 7.19. The Bertz CT molecular complexity index is 974. The van der Waals surface area contributed by atoms with Gasteiger partial charge in [-0.3, -0.25) is 9.89 Å². The highest BCUT2D eigenvalue weighted by Gasteiger charge is 2.27. The number of aromatic amines is 1. The Morgan fingerprint density at radius 1 is 1.25 bits per heavy atom. The fourth-order valence-corrected chi connectivity index (χ4v) is 3.62. The number of aromatic nitrogens is 2. The van der Waals surface area contributed by atoms with Gasteiger partial charge in [0.25, 0.3) is 5.91 Å². The summed E-state index contributed by atoms with van der Waals surface area (Å²) in [5, 5.41) is 11.1. The second kappa shape index (κ2) is 7.94. The van der Waals surface area contributed by atoms with Crippen LogP contribution in [0.2, 0.25) is 5.02 Å². The van der Waals surface area contributed by atoms with E-state index >= 15 is 0 Å². The average Bonchev–Trinajstić information content (AvgIpc) is 3.38. The summed E-state index contributed by atoms with van der Waals surface area (Å²) < 4.78 is 5.28. The fourth-order valence-electron chi connectivity index (χ4n) is 3.45. The van der Waals surface area contributed by atoms with Crippen molar-refractivity contribution in [2.24, 2.45) is 0 Å². The number of anilines is 1. The lowest BCUT2D eigenvalue weighted by Crippen LogP contribution is -2.37. The van der Waals surface area contributed by atoms with Crippen molar-refractivity contribution in [1.82, 2.24) is 15.5 Å². The Balaban J connectivity index is 1.42. The van der Waals surface area contributed by atoms with Gasteiger partial charge in [0.1, 0.15) is 5.75 Å². The molecule has 4 rings (SSSR count). The first-order valence-corrected chi connectivity index (χ1v) is 9.52. The molecule has 0 bridgehead atoms. The van der Waals surface area contributed by atoms with Crippen LogP contribution in [0.1, 0.15) is 16.8 Å². The highest BCUT2D eigenvalue weighted by molar-refractivity contribution is 6.31. The van der Waals surface area contributed by atoms with Gasteiger partial charge in [-0.05, 0) is 30.2 Å². The molecule has 2 heterocycles. The molecule has 2 N–H and O–H groups in total. The number of methoxy groups -OCH3 is 1. The Morgan fingerprint density at radius 3 is 2.86 bits per heavy atom. The summed E-state index contributed by atoms with van der Waals surface area (Å²) in [7, 11) is 1.54. The topological polar surface area (TPSA) is 70.2 Å². The normalized spacial score (nSPS) is 16.2. The predicted octanol–water partition coefficient (Wildman–Crippen LogP) is 3.75. The van der Waals surface area contributed by atoms with Crippen molar-refractivity contribution in [1.29, 1.82) is 0 Å². The van der Waals surface area contributed by atoms with Crippen molar-refractivity contribution in [3.05, 3.63) is 65.2 Å². The molecule has 1 saturated heterocycles. The molecule has 0 spiro atoms. The van der Waals surface area contributed by atoms with Crippen LogP contribution in [-0.4, -0.2) is 42.3 Å². The van der Waals surface area contributed by atoms with E-state index in [-0.39, 0.29) is 11.9 Å². The Hall–Kier alpha value is -2.99. The van der Waals surface area contributed by atoms with Crippen LogP contribution in [0, 0.1) is 0 Å². The third-order valence-electron chi connectivity index (χ3n) is 4.90. The zero-order valence-corrected chi connectivity index (χ0v) is 16.2. The fraction of sp³-hybridized carbons (Fsp3) is 0.238. The van der Waals surface area contributed by atoms with E-state index in [1.54, 1.807) is 25.3 Å². The summed E-state index contributed by atoms with van der Waals surface area (Å²) >= 11 is 6.04. The quantitative estimate of drug-likeness (QED) is 0.689. The third kappa shape index (κ3) is 3.82. The first kappa shape index (κ1) is 18.4. The number of hydrogen-bond acceptors (Lipinski definition) is 4. The molecule has 1 aromatic heterocycles. The molecule has 2 aromatic carbocycles. The molecule has 3 aromatic rings. The first-order chi connectivity index (χ1) is 13.6. The summed E-state index contributed by atoms with van der Waals surface area (Å²) in [5.41, 5.74) is 2.52. The summed E-state index contributed by atoms with van der Waals surface area (Å²) in [6.07, 6.45) is 0.849. The lowest BCUT2D eigenvalue weighted by Gasteiger charge is -2.17. The second-order valence-electron chi connectivity index (χ2n) is 6.76. The van der Waals surface area contributed by atoms with Crippen LogP contribution < -0.4 is 15.0 Å². The third-order valence-corrected chi connectivity index (χ3v) is 5.14. The molecule has 6 nitrogen and oxygen atoms in total. The highest BCUT2D eigenvalue weighted by atomic mass is 35.5. The van der Waals surface area contributed by atoms with E-state index in [1.807, 2.05) is 36.4 Å². The molecule has 144 valence electrons. The molecular weight excluding hydrogens is 376 g/mol. The van der Waals surface area contributed by atoms with Crippen LogP contribution in [0.25, 0.3) is 11.3 Å². The average molecular weight is 397 g/mol. The molecule has 1 amide bonds. The van der Waals surface area contributed by atoms with Crippen LogP contribution >= 0.6 is 11.6 Å². The molecule has 7 heteroatoms. The van der Waals surface area contributed by atoms with E-state index in [1.165, 1.54) is 0 Å². The van der Waals surface area contributed by atoms with Crippen LogP contribution in [0.15, 0.2) is 54.6 Å². The smallest absolute Gasteiger partial charge is 0.255 e.